The molecule has 29 heavy (non-hydrogen) atoms. The van der Waals surface area contributed by atoms with E-state index in [4.69, 9.17) is 0 Å². The Morgan fingerprint density at radius 3 is 2.48 bits per heavy atom. The second kappa shape index (κ2) is 13.4. The molecule has 1 unspecified atom stereocenters. The summed E-state index contributed by atoms with van der Waals surface area (Å²) in [7, 11) is 3.54. The van der Waals surface area contributed by atoms with E-state index < -0.39 is 0 Å². The van der Waals surface area contributed by atoms with Crippen LogP contribution in [0.2, 0.25) is 0 Å². The molecule has 0 aromatic heterocycles. The van der Waals surface area contributed by atoms with Crippen LogP contribution in [0.5, 0.6) is 0 Å². The minimum Gasteiger partial charge on any atom is -0.355 e. The van der Waals surface area contributed by atoms with Crippen molar-refractivity contribution in [2.45, 2.75) is 51.6 Å². The van der Waals surface area contributed by atoms with Gasteiger partial charge in [0.15, 0.2) is 5.96 Å². The van der Waals surface area contributed by atoms with Crippen molar-refractivity contribution in [2.24, 2.45) is 4.99 Å². The van der Waals surface area contributed by atoms with Crippen molar-refractivity contribution < 1.29 is 4.79 Å². The number of nitrogens with zero attached hydrogens (tertiary/aromatic N) is 4. The smallest absolute Gasteiger partial charge is 0.243 e. The van der Waals surface area contributed by atoms with Crippen LogP contribution in [-0.4, -0.2) is 98.6 Å². The van der Waals surface area contributed by atoms with Crippen molar-refractivity contribution in [3.8, 4) is 0 Å². The van der Waals surface area contributed by atoms with E-state index in [2.05, 4.69) is 45.9 Å². The van der Waals surface area contributed by atoms with Crippen LogP contribution in [0.4, 0.5) is 0 Å². The van der Waals surface area contributed by atoms with E-state index in [0.29, 0.717) is 12.1 Å². The van der Waals surface area contributed by atoms with E-state index >= 15 is 0 Å². The number of hydrogen-bond acceptors (Lipinski definition) is 4. The maximum atomic E-state index is 12.0. The molecule has 168 valence electrons. The normalized spacial score (nSPS) is 21.5. The quantitative estimate of drug-likeness (QED) is 0.221. The van der Waals surface area contributed by atoms with Crippen molar-refractivity contribution in [1.82, 2.24) is 25.3 Å². The summed E-state index contributed by atoms with van der Waals surface area (Å²) in [5.74, 6) is 0.796. The van der Waals surface area contributed by atoms with Gasteiger partial charge in [0.05, 0.1) is 0 Å². The zero-order valence-electron chi connectivity index (χ0n) is 18.7. The van der Waals surface area contributed by atoms with Gasteiger partial charge in [-0.1, -0.05) is 19.1 Å². The Morgan fingerprint density at radius 1 is 1.21 bits per heavy atom. The molecule has 0 aromatic carbocycles. The molecule has 0 radical (unpaired) electrons. The lowest BCUT2D eigenvalue weighted by molar-refractivity contribution is -0.127. The minimum atomic E-state index is 0. The molecular formula is C21H41IN6O. The number of carbonyl (C=O) groups is 1. The third-order valence-corrected chi connectivity index (χ3v) is 5.70. The van der Waals surface area contributed by atoms with Gasteiger partial charge in [0, 0.05) is 52.4 Å². The molecule has 2 saturated heterocycles. The standard InChI is InChI=1S/C21H40N6O.HI/c1-6-27-11-7-8-19(27)14-22-21(23-15-20(28)25(4)5)24-18-9-12-26(13-10-18)16-17(2)3;/h18-19H,2,6-16H2,1,3-5H3,(H2,22,23,24);1H. The molecule has 2 rings (SSSR count). The van der Waals surface area contributed by atoms with Gasteiger partial charge in [0.25, 0.3) is 0 Å². The zero-order valence-corrected chi connectivity index (χ0v) is 21.1. The molecule has 8 heteroatoms. The zero-order chi connectivity index (χ0) is 20.5. The summed E-state index contributed by atoms with van der Waals surface area (Å²) in [6.45, 7) is 14.8. The van der Waals surface area contributed by atoms with Crippen LogP contribution in [0.15, 0.2) is 17.1 Å². The predicted molar refractivity (Wildman–Crippen MR) is 132 cm³/mol. The molecule has 2 fully saturated rings. The lowest BCUT2D eigenvalue weighted by Crippen LogP contribution is -2.51. The van der Waals surface area contributed by atoms with Crippen molar-refractivity contribution in [3.05, 3.63) is 12.2 Å². The Balaban J connectivity index is 0.00000420. The van der Waals surface area contributed by atoms with E-state index in [9.17, 15) is 4.79 Å². The lowest BCUT2D eigenvalue weighted by Gasteiger charge is -2.33. The monoisotopic (exact) mass is 520 g/mol. The SMILES string of the molecule is C=C(C)CN1CCC(NC(=NCC(=O)N(C)C)NCC2CCCN2CC)CC1.I. The van der Waals surface area contributed by atoms with Gasteiger partial charge in [-0.05, 0) is 45.7 Å². The number of aliphatic imine (C=N–C) groups is 1. The molecule has 2 heterocycles. The van der Waals surface area contributed by atoms with Crippen molar-refractivity contribution >= 4 is 35.8 Å². The van der Waals surface area contributed by atoms with Crippen LogP contribution in [-0.2, 0) is 4.79 Å². The fraction of sp³-hybridized carbons (Fsp3) is 0.810. The summed E-state index contributed by atoms with van der Waals surface area (Å²) in [5, 5.41) is 7.09. The van der Waals surface area contributed by atoms with E-state index in [1.54, 1.807) is 19.0 Å². The highest BCUT2D eigenvalue weighted by Crippen LogP contribution is 2.16. The van der Waals surface area contributed by atoms with Gasteiger partial charge in [-0.2, -0.15) is 0 Å². The van der Waals surface area contributed by atoms with Crippen molar-refractivity contribution in [1.29, 1.82) is 0 Å². The second-order valence-corrected chi connectivity index (χ2v) is 8.41. The van der Waals surface area contributed by atoms with Gasteiger partial charge in [0.2, 0.25) is 5.91 Å². The van der Waals surface area contributed by atoms with Crippen LogP contribution >= 0.6 is 24.0 Å². The molecule has 0 saturated carbocycles. The average Bonchev–Trinajstić information content (AvgIpc) is 3.12. The third kappa shape index (κ3) is 9.21. The van der Waals surface area contributed by atoms with Gasteiger partial charge in [0.1, 0.15) is 6.54 Å². The minimum absolute atomic E-state index is 0. The summed E-state index contributed by atoms with van der Waals surface area (Å²) >= 11 is 0. The number of likely N-dealkylation sites (N-methyl/N-ethyl adjacent to an activating group) is 2. The number of piperidine rings is 1. The van der Waals surface area contributed by atoms with Crippen LogP contribution in [0.3, 0.4) is 0 Å². The molecule has 0 spiro atoms. The molecule has 2 N–H and O–H groups in total. The van der Waals surface area contributed by atoms with Gasteiger partial charge >= 0.3 is 0 Å². The first-order chi connectivity index (χ1) is 13.4. The summed E-state index contributed by atoms with van der Waals surface area (Å²) in [4.78, 5) is 23.1. The van der Waals surface area contributed by atoms with Gasteiger partial charge in [-0.15, -0.1) is 24.0 Å². The largest absolute Gasteiger partial charge is 0.355 e. The number of nitrogens with one attached hydrogen (secondary N) is 2. The molecule has 2 aliphatic rings. The fourth-order valence-electron chi connectivity index (χ4n) is 4.01. The first kappa shape index (κ1) is 26.2. The Kier molecular flexibility index (Phi) is 12.1. The highest BCUT2D eigenvalue weighted by Gasteiger charge is 2.24. The van der Waals surface area contributed by atoms with Gasteiger partial charge < -0.3 is 15.5 Å². The lowest BCUT2D eigenvalue weighted by atomic mass is 10.0. The predicted octanol–water partition coefficient (Wildman–Crippen LogP) is 1.75. The Labute approximate surface area is 194 Å². The van der Waals surface area contributed by atoms with E-state index in [-0.39, 0.29) is 36.4 Å². The number of rotatable bonds is 8. The maximum Gasteiger partial charge on any atom is 0.243 e. The summed E-state index contributed by atoms with van der Waals surface area (Å²) in [6.07, 6.45) is 4.66. The molecule has 7 nitrogen and oxygen atoms in total. The molecular weight excluding hydrogens is 479 g/mol. The fourth-order valence-corrected chi connectivity index (χ4v) is 4.01. The van der Waals surface area contributed by atoms with Crippen LogP contribution in [0, 0.1) is 0 Å². The van der Waals surface area contributed by atoms with Crippen molar-refractivity contribution in [3.63, 3.8) is 0 Å². The number of hydrogen-bond donors (Lipinski definition) is 2. The topological polar surface area (TPSA) is 63.2 Å². The molecule has 1 atom stereocenters. The average molecular weight is 521 g/mol. The third-order valence-electron chi connectivity index (χ3n) is 5.70. The van der Waals surface area contributed by atoms with Gasteiger partial charge in [-0.25, -0.2) is 4.99 Å². The first-order valence-corrected chi connectivity index (χ1v) is 10.7. The number of halogens is 1. The maximum absolute atomic E-state index is 12.0. The van der Waals surface area contributed by atoms with Crippen LogP contribution in [0.1, 0.15) is 39.5 Å². The molecule has 0 bridgehead atoms. The highest BCUT2D eigenvalue weighted by molar-refractivity contribution is 14.0. The first-order valence-electron chi connectivity index (χ1n) is 10.7. The van der Waals surface area contributed by atoms with Crippen molar-refractivity contribution in [2.75, 3.05) is 59.9 Å². The summed E-state index contributed by atoms with van der Waals surface area (Å²) < 4.78 is 0. The molecule has 2 aliphatic heterocycles. The van der Waals surface area contributed by atoms with Crippen LogP contribution in [0.25, 0.3) is 0 Å². The van der Waals surface area contributed by atoms with E-state index in [1.165, 1.54) is 25.0 Å². The number of amides is 1. The van der Waals surface area contributed by atoms with Crippen LogP contribution < -0.4 is 10.6 Å². The number of carbonyl (C=O) groups excluding carboxylic acids is 1. The molecule has 1 amide bonds. The Hall–Kier alpha value is -0.870. The van der Waals surface area contributed by atoms with E-state index in [0.717, 1.165) is 51.5 Å². The molecule has 0 aromatic rings. The summed E-state index contributed by atoms with van der Waals surface area (Å²) in [6, 6.07) is 0.951. The highest BCUT2D eigenvalue weighted by atomic mass is 127. The molecule has 0 aliphatic carbocycles. The summed E-state index contributed by atoms with van der Waals surface area (Å²) in [5.41, 5.74) is 1.22. The number of likely N-dealkylation sites (tertiary alicyclic amines) is 2. The number of guanidine groups is 1. The van der Waals surface area contributed by atoms with E-state index in [1.807, 2.05) is 0 Å². The Morgan fingerprint density at radius 2 is 1.90 bits per heavy atom. The Bertz CT molecular complexity index is 545. The second-order valence-electron chi connectivity index (χ2n) is 8.41. The van der Waals surface area contributed by atoms with Gasteiger partial charge in [-0.3, -0.25) is 14.6 Å².